The van der Waals surface area contributed by atoms with Crippen molar-refractivity contribution in [2.75, 3.05) is 6.54 Å². The summed E-state index contributed by atoms with van der Waals surface area (Å²) in [4.78, 5) is 15.9. The van der Waals surface area contributed by atoms with E-state index in [2.05, 4.69) is 10.3 Å². The number of aromatic nitrogens is 2. The molecule has 0 unspecified atom stereocenters. The van der Waals surface area contributed by atoms with E-state index in [-0.39, 0.29) is 0 Å². The molecule has 3 aromatic rings. The summed E-state index contributed by atoms with van der Waals surface area (Å²) in [5.74, 6) is -0.486. The second-order valence-corrected chi connectivity index (χ2v) is 5.22. The Bertz CT molecular complexity index is 882. The summed E-state index contributed by atoms with van der Waals surface area (Å²) >= 11 is 0. The molecule has 0 atom stereocenters. The molecule has 0 saturated heterocycles. The van der Waals surface area contributed by atoms with E-state index in [1.54, 1.807) is 18.3 Å². The predicted molar refractivity (Wildman–Crippen MR) is 81.4 cm³/mol. The first-order valence-electron chi connectivity index (χ1n) is 7.26. The van der Waals surface area contributed by atoms with E-state index < -0.39 is 17.5 Å². The van der Waals surface area contributed by atoms with Crippen LogP contribution < -0.4 is 11.1 Å². The van der Waals surface area contributed by atoms with Crippen LogP contribution in [0.1, 0.15) is 11.1 Å². The second-order valence-electron chi connectivity index (χ2n) is 5.22. The molecular formula is C16H14F3N3O2. The minimum Gasteiger partial charge on any atom is -0.406 e. The predicted octanol–water partition coefficient (Wildman–Crippen LogP) is 2.80. The number of halogens is 3. The second kappa shape index (κ2) is 6.48. The Morgan fingerprint density at radius 3 is 2.62 bits per heavy atom. The highest BCUT2D eigenvalue weighted by Crippen LogP contribution is 2.29. The molecule has 0 saturated carbocycles. The maximum Gasteiger partial charge on any atom is 0.421 e. The van der Waals surface area contributed by atoms with Gasteiger partial charge in [0.2, 0.25) is 0 Å². The van der Waals surface area contributed by atoms with Gasteiger partial charge in [0.25, 0.3) is 0 Å². The first kappa shape index (κ1) is 16.3. The van der Waals surface area contributed by atoms with Gasteiger partial charge in [0.15, 0.2) is 11.2 Å². The molecule has 8 heteroatoms. The van der Waals surface area contributed by atoms with Crippen molar-refractivity contribution >= 4 is 11.2 Å². The fourth-order valence-electron chi connectivity index (χ4n) is 2.33. The Balaban J connectivity index is 1.57. The minimum absolute atomic E-state index is 0.351. The number of fused-ring (bicyclic) bond motifs is 1. The number of pyridine rings is 1. The van der Waals surface area contributed by atoms with Gasteiger partial charge in [-0.05, 0) is 29.8 Å². The summed E-state index contributed by atoms with van der Waals surface area (Å²) in [7, 11) is 0. The number of nitrogens with one attached hydrogen (secondary N) is 1. The molecule has 1 aromatic carbocycles. The summed E-state index contributed by atoms with van der Waals surface area (Å²) < 4.78 is 43.9. The maximum atomic E-state index is 12.5. The van der Waals surface area contributed by atoms with Crippen LogP contribution in [0.3, 0.4) is 0 Å². The van der Waals surface area contributed by atoms with Crippen LogP contribution in [0.25, 0.3) is 11.2 Å². The number of alkyl halides is 3. The fourth-order valence-corrected chi connectivity index (χ4v) is 2.33. The molecule has 0 amide bonds. The van der Waals surface area contributed by atoms with Gasteiger partial charge >= 0.3 is 11.9 Å². The summed E-state index contributed by atoms with van der Waals surface area (Å²) in [6.45, 7) is 1.20. The molecule has 0 radical (unpaired) electrons. The van der Waals surface area contributed by atoms with E-state index in [4.69, 9.17) is 4.42 Å². The molecule has 0 aliphatic carbocycles. The molecule has 0 fully saturated rings. The summed E-state index contributed by atoms with van der Waals surface area (Å²) in [6, 6.07) is 8.30. The molecule has 1 N–H and O–H groups in total. The highest BCUT2D eigenvalue weighted by atomic mass is 19.4. The normalized spacial score (nSPS) is 12.0. The summed E-state index contributed by atoms with van der Waals surface area (Å²) in [6.07, 6.45) is -2.76. The molecule has 2 aromatic heterocycles. The van der Waals surface area contributed by atoms with Crippen molar-refractivity contribution in [3.63, 3.8) is 0 Å². The lowest BCUT2D eigenvalue weighted by Crippen LogP contribution is -2.24. The fraction of sp³-hybridized carbons (Fsp3) is 0.250. The average Bonchev–Trinajstić information content (AvgIpc) is 2.87. The Morgan fingerprint density at radius 1 is 1.17 bits per heavy atom. The topological polar surface area (TPSA) is 60.1 Å². The molecule has 0 aliphatic heterocycles. The lowest BCUT2D eigenvalue weighted by Gasteiger charge is -2.08. The number of oxazole rings is 1. The van der Waals surface area contributed by atoms with Gasteiger partial charge < -0.3 is 9.73 Å². The Labute approximate surface area is 134 Å². The van der Waals surface area contributed by atoms with Crippen molar-refractivity contribution in [1.82, 2.24) is 14.9 Å². The molecule has 0 aliphatic rings. The Morgan fingerprint density at radius 2 is 1.92 bits per heavy atom. The smallest absolute Gasteiger partial charge is 0.406 e. The van der Waals surface area contributed by atoms with Crippen LogP contribution in [-0.4, -0.2) is 16.1 Å². The van der Waals surface area contributed by atoms with Crippen molar-refractivity contribution in [1.29, 1.82) is 0 Å². The van der Waals surface area contributed by atoms with Crippen LogP contribution in [0.4, 0.5) is 13.2 Å². The van der Waals surface area contributed by atoms with E-state index in [9.17, 15) is 18.0 Å². The first-order valence-corrected chi connectivity index (χ1v) is 7.26. The molecule has 24 heavy (non-hydrogen) atoms. The van der Waals surface area contributed by atoms with Crippen LogP contribution in [0.5, 0.6) is 0 Å². The van der Waals surface area contributed by atoms with E-state index in [1.165, 1.54) is 16.7 Å². The van der Waals surface area contributed by atoms with E-state index in [1.807, 2.05) is 0 Å². The highest BCUT2D eigenvalue weighted by molar-refractivity contribution is 5.67. The number of benzene rings is 1. The molecular weight excluding hydrogens is 323 g/mol. The van der Waals surface area contributed by atoms with Gasteiger partial charge in [-0.3, -0.25) is 4.57 Å². The van der Waals surface area contributed by atoms with Crippen LogP contribution in [0, 0.1) is 0 Å². The standard InChI is InChI=1S/C16H14F3N3O2/c17-16(18,19)12-5-3-11(4-6-12)10-20-8-9-22-14-13(24-15(22)23)2-1-7-21-14/h1-7,20H,8-10H2. The third-order valence-corrected chi connectivity index (χ3v) is 3.55. The number of nitrogens with zero attached hydrogens (tertiary/aromatic N) is 2. The first-order chi connectivity index (χ1) is 11.4. The van der Waals surface area contributed by atoms with Gasteiger partial charge in [-0.1, -0.05) is 12.1 Å². The molecule has 0 spiro atoms. The van der Waals surface area contributed by atoms with E-state index in [0.717, 1.165) is 17.7 Å². The monoisotopic (exact) mass is 337 g/mol. The van der Waals surface area contributed by atoms with Crippen molar-refractivity contribution in [3.8, 4) is 0 Å². The average molecular weight is 337 g/mol. The summed E-state index contributed by atoms with van der Waals surface area (Å²) in [5, 5.41) is 3.08. The van der Waals surface area contributed by atoms with E-state index in [0.29, 0.717) is 30.9 Å². The van der Waals surface area contributed by atoms with Crippen LogP contribution in [0.15, 0.2) is 51.8 Å². The zero-order valence-corrected chi connectivity index (χ0v) is 12.5. The van der Waals surface area contributed by atoms with Crippen molar-refractivity contribution in [2.24, 2.45) is 0 Å². The zero-order chi connectivity index (χ0) is 17.2. The Hall–Kier alpha value is -2.61. The molecule has 3 rings (SSSR count). The lowest BCUT2D eigenvalue weighted by molar-refractivity contribution is -0.137. The van der Waals surface area contributed by atoms with Gasteiger partial charge in [-0.15, -0.1) is 0 Å². The molecule has 0 bridgehead atoms. The molecule has 126 valence electrons. The van der Waals surface area contributed by atoms with Crippen LogP contribution >= 0.6 is 0 Å². The van der Waals surface area contributed by atoms with Crippen molar-refractivity contribution in [3.05, 3.63) is 64.3 Å². The Kier molecular flexibility index (Phi) is 4.39. The van der Waals surface area contributed by atoms with Crippen molar-refractivity contribution in [2.45, 2.75) is 19.3 Å². The number of rotatable bonds is 5. The number of hydrogen-bond acceptors (Lipinski definition) is 4. The SMILES string of the molecule is O=c1oc2cccnc2n1CCNCc1ccc(C(F)(F)F)cc1. The summed E-state index contributed by atoms with van der Waals surface area (Å²) in [5.41, 5.74) is 0.948. The van der Waals surface area contributed by atoms with Gasteiger partial charge in [-0.2, -0.15) is 13.2 Å². The number of hydrogen-bond donors (Lipinski definition) is 1. The van der Waals surface area contributed by atoms with Gasteiger partial charge in [-0.25, -0.2) is 9.78 Å². The molecule has 2 heterocycles. The third-order valence-electron chi connectivity index (χ3n) is 3.55. The van der Waals surface area contributed by atoms with Gasteiger partial charge in [0.05, 0.1) is 5.56 Å². The van der Waals surface area contributed by atoms with Crippen LogP contribution in [-0.2, 0) is 19.3 Å². The van der Waals surface area contributed by atoms with Crippen molar-refractivity contribution < 1.29 is 17.6 Å². The molecule has 5 nitrogen and oxygen atoms in total. The van der Waals surface area contributed by atoms with Gasteiger partial charge in [0, 0.05) is 25.8 Å². The minimum atomic E-state index is -4.33. The lowest BCUT2D eigenvalue weighted by atomic mass is 10.1. The quantitative estimate of drug-likeness (QED) is 0.728. The maximum absolute atomic E-state index is 12.5. The van der Waals surface area contributed by atoms with Gasteiger partial charge in [0.1, 0.15) is 0 Å². The highest BCUT2D eigenvalue weighted by Gasteiger charge is 2.29. The van der Waals surface area contributed by atoms with Crippen LogP contribution in [0.2, 0.25) is 0 Å². The van der Waals surface area contributed by atoms with E-state index >= 15 is 0 Å². The third kappa shape index (κ3) is 3.48. The largest absolute Gasteiger partial charge is 0.421 e. The zero-order valence-electron chi connectivity index (χ0n) is 12.5.